The lowest BCUT2D eigenvalue weighted by Gasteiger charge is -2.36. The molecule has 0 saturated carbocycles. The summed E-state index contributed by atoms with van der Waals surface area (Å²) >= 11 is 0. The molecule has 102 valence electrons. The highest BCUT2D eigenvalue weighted by Crippen LogP contribution is 2.27. The molecule has 1 aromatic rings. The average Bonchev–Trinajstić information content (AvgIpc) is 2.94. The first-order chi connectivity index (χ1) is 9.25. The number of likely N-dealkylation sites (tertiary alicyclic amines) is 1. The van der Waals surface area contributed by atoms with E-state index < -0.39 is 0 Å². The van der Waals surface area contributed by atoms with E-state index in [0.717, 1.165) is 31.6 Å². The molecule has 3 unspecified atom stereocenters. The van der Waals surface area contributed by atoms with Gasteiger partial charge in [-0.15, -0.1) is 0 Å². The number of hydrogen-bond acceptors (Lipinski definition) is 2. The highest BCUT2D eigenvalue weighted by Gasteiger charge is 2.35. The predicted octanol–water partition coefficient (Wildman–Crippen LogP) is 2.00. The van der Waals surface area contributed by atoms with Crippen LogP contribution in [-0.4, -0.2) is 36.5 Å². The normalized spacial score (nSPS) is 27.9. The van der Waals surface area contributed by atoms with Crippen molar-refractivity contribution in [3.8, 4) is 0 Å². The molecule has 0 radical (unpaired) electrons. The Hall–Kier alpha value is -1.35. The number of carbonyl (C=O) groups excluding carboxylic acids is 1. The van der Waals surface area contributed by atoms with E-state index >= 15 is 0 Å². The van der Waals surface area contributed by atoms with Crippen LogP contribution in [-0.2, 0) is 4.79 Å². The molecule has 1 N–H and O–H groups in total. The highest BCUT2D eigenvalue weighted by atomic mass is 16.2. The Morgan fingerprint density at radius 1 is 1.32 bits per heavy atom. The van der Waals surface area contributed by atoms with Gasteiger partial charge in [0.1, 0.15) is 0 Å². The molecule has 3 rings (SSSR count). The van der Waals surface area contributed by atoms with E-state index in [0.29, 0.717) is 12.0 Å². The quantitative estimate of drug-likeness (QED) is 0.880. The third-order valence-corrected chi connectivity index (χ3v) is 4.64. The molecule has 2 saturated heterocycles. The monoisotopic (exact) mass is 258 g/mol. The zero-order valence-corrected chi connectivity index (χ0v) is 11.5. The van der Waals surface area contributed by atoms with Crippen LogP contribution in [0.15, 0.2) is 30.3 Å². The van der Waals surface area contributed by atoms with Crippen molar-refractivity contribution in [2.75, 3.05) is 19.6 Å². The summed E-state index contributed by atoms with van der Waals surface area (Å²) in [6.45, 7) is 4.99. The van der Waals surface area contributed by atoms with Crippen LogP contribution in [0.4, 0.5) is 0 Å². The molecule has 0 aliphatic carbocycles. The SMILES string of the molecule is CC(C(=O)N1CCC2NCCC2C1)c1ccccc1. The van der Waals surface area contributed by atoms with Crippen molar-refractivity contribution in [3.05, 3.63) is 35.9 Å². The molecule has 2 aliphatic heterocycles. The number of nitrogens with one attached hydrogen (secondary N) is 1. The van der Waals surface area contributed by atoms with E-state index in [1.165, 1.54) is 6.42 Å². The predicted molar refractivity (Wildman–Crippen MR) is 76.0 cm³/mol. The highest BCUT2D eigenvalue weighted by molar-refractivity contribution is 5.83. The van der Waals surface area contributed by atoms with Crippen molar-refractivity contribution in [2.45, 2.75) is 31.7 Å². The van der Waals surface area contributed by atoms with Gasteiger partial charge >= 0.3 is 0 Å². The Balaban J connectivity index is 1.67. The fourth-order valence-corrected chi connectivity index (χ4v) is 3.41. The lowest BCUT2D eigenvalue weighted by molar-refractivity contribution is -0.134. The molecule has 0 aromatic heterocycles. The Kier molecular flexibility index (Phi) is 3.56. The largest absolute Gasteiger partial charge is 0.342 e. The van der Waals surface area contributed by atoms with Crippen LogP contribution in [0.1, 0.15) is 31.2 Å². The molecule has 0 bridgehead atoms. The van der Waals surface area contributed by atoms with Gasteiger partial charge in [0.2, 0.25) is 5.91 Å². The van der Waals surface area contributed by atoms with Crippen LogP contribution < -0.4 is 5.32 Å². The van der Waals surface area contributed by atoms with Gasteiger partial charge in [0.25, 0.3) is 0 Å². The van der Waals surface area contributed by atoms with Crippen molar-refractivity contribution in [1.82, 2.24) is 10.2 Å². The first-order valence-electron chi connectivity index (χ1n) is 7.33. The number of rotatable bonds is 2. The van der Waals surface area contributed by atoms with Gasteiger partial charge in [-0.25, -0.2) is 0 Å². The van der Waals surface area contributed by atoms with E-state index in [2.05, 4.69) is 10.2 Å². The second-order valence-electron chi connectivity index (χ2n) is 5.81. The number of hydrogen-bond donors (Lipinski definition) is 1. The van der Waals surface area contributed by atoms with Crippen molar-refractivity contribution >= 4 is 5.91 Å². The number of carbonyl (C=O) groups is 1. The first kappa shape index (κ1) is 12.7. The summed E-state index contributed by atoms with van der Waals surface area (Å²) in [5.74, 6) is 0.935. The van der Waals surface area contributed by atoms with Gasteiger partial charge in [-0.2, -0.15) is 0 Å². The van der Waals surface area contributed by atoms with E-state index in [1.807, 2.05) is 37.3 Å². The lowest BCUT2D eigenvalue weighted by Crippen LogP contribution is -2.48. The molecule has 0 spiro atoms. The standard InChI is InChI=1S/C16H22N2O/c1-12(13-5-3-2-4-6-13)16(19)18-10-8-15-14(11-18)7-9-17-15/h2-6,12,14-15,17H,7-11H2,1H3. The Morgan fingerprint density at radius 2 is 2.11 bits per heavy atom. The number of piperidine rings is 1. The van der Waals surface area contributed by atoms with Crippen molar-refractivity contribution in [1.29, 1.82) is 0 Å². The van der Waals surface area contributed by atoms with Crippen LogP contribution in [0.5, 0.6) is 0 Å². The fourth-order valence-electron chi connectivity index (χ4n) is 3.41. The van der Waals surface area contributed by atoms with Crippen LogP contribution in [0, 0.1) is 5.92 Å². The van der Waals surface area contributed by atoms with Crippen LogP contribution >= 0.6 is 0 Å². The summed E-state index contributed by atoms with van der Waals surface area (Å²) < 4.78 is 0. The van der Waals surface area contributed by atoms with Crippen molar-refractivity contribution in [2.24, 2.45) is 5.92 Å². The molecule has 3 atom stereocenters. The number of benzene rings is 1. The van der Waals surface area contributed by atoms with Gasteiger partial charge in [-0.3, -0.25) is 4.79 Å². The summed E-state index contributed by atoms with van der Waals surface area (Å²) in [4.78, 5) is 14.7. The molecule has 2 aliphatic rings. The maximum Gasteiger partial charge on any atom is 0.229 e. The smallest absolute Gasteiger partial charge is 0.229 e. The average molecular weight is 258 g/mol. The molecule has 2 heterocycles. The number of fused-ring (bicyclic) bond motifs is 1. The maximum atomic E-state index is 12.6. The van der Waals surface area contributed by atoms with E-state index in [4.69, 9.17) is 0 Å². The summed E-state index contributed by atoms with van der Waals surface area (Å²) in [6, 6.07) is 10.8. The molecule has 19 heavy (non-hydrogen) atoms. The number of nitrogens with zero attached hydrogens (tertiary/aromatic N) is 1. The van der Waals surface area contributed by atoms with E-state index in [9.17, 15) is 4.79 Å². The zero-order chi connectivity index (χ0) is 13.2. The maximum absolute atomic E-state index is 12.6. The van der Waals surface area contributed by atoms with Gasteiger partial charge in [0, 0.05) is 19.1 Å². The van der Waals surface area contributed by atoms with Gasteiger partial charge in [-0.1, -0.05) is 30.3 Å². The second kappa shape index (κ2) is 5.33. The van der Waals surface area contributed by atoms with Crippen LogP contribution in [0.25, 0.3) is 0 Å². The molecule has 1 aromatic carbocycles. The van der Waals surface area contributed by atoms with Gasteiger partial charge in [0.05, 0.1) is 5.92 Å². The molecular weight excluding hydrogens is 236 g/mol. The molecular formula is C16H22N2O. The third-order valence-electron chi connectivity index (χ3n) is 4.64. The summed E-state index contributed by atoms with van der Waals surface area (Å²) in [7, 11) is 0. The van der Waals surface area contributed by atoms with Crippen molar-refractivity contribution < 1.29 is 4.79 Å². The van der Waals surface area contributed by atoms with Gasteiger partial charge in [-0.05, 0) is 37.8 Å². The molecule has 3 heteroatoms. The Morgan fingerprint density at radius 3 is 2.89 bits per heavy atom. The molecule has 3 nitrogen and oxygen atoms in total. The third kappa shape index (κ3) is 2.52. The zero-order valence-electron chi connectivity index (χ0n) is 11.5. The first-order valence-corrected chi connectivity index (χ1v) is 7.33. The fraction of sp³-hybridized carbons (Fsp3) is 0.562. The van der Waals surface area contributed by atoms with E-state index in [-0.39, 0.29) is 11.8 Å². The molecule has 2 fully saturated rings. The minimum atomic E-state index is -0.0212. The molecule has 1 amide bonds. The Bertz CT molecular complexity index is 445. The summed E-state index contributed by atoms with van der Waals surface area (Å²) in [6.07, 6.45) is 2.33. The minimum Gasteiger partial charge on any atom is -0.342 e. The van der Waals surface area contributed by atoms with E-state index in [1.54, 1.807) is 0 Å². The lowest BCUT2D eigenvalue weighted by atomic mass is 9.91. The Labute approximate surface area is 115 Å². The van der Waals surface area contributed by atoms with Gasteiger partial charge in [0.15, 0.2) is 0 Å². The summed E-state index contributed by atoms with van der Waals surface area (Å²) in [5, 5.41) is 3.54. The van der Waals surface area contributed by atoms with Crippen molar-refractivity contribution in [3.63, 3.8) is 0 Å². The van der Waals surface area contributed by atoms with Crippen LogP contribution in [0.2, 0.25) is 0 Å². The van der Waals surface area contributed by atoms with Gasteiger partial charge < -0.3 is 10.2 Å². The van der Waals surface area contributed by atoms with Crippen LogP contribution in [0.3, 0.4) is 0 Å². The summed E-state index contributed by atoms with van der Waals surface area (Å²) in [5.41, 5.74) is 1.12. The number of amides is 1. The topological polar surface area (TPSA) is 32.3 Å². The second-order valence-corrected chi connectivity index (χ2v) is 5.81. The minimum absolute atomic E-state index is 0.0212.